The first-order chi connectivity index (χ1) is 17.9. The molecule has 2 amide bonds. The number of nitrogens with one attached hydrogen (secondary N) is 3. The van der Waals surface area contributed by atoms with E-state index in [2.05, 4.69) is 30.4 Å². The number of amides is 2. The first-order valence-corrected chi connectivity index (χ1v) is 12.0. The van der Waals surface area contributed by atoms with Crippen LogP contribution in [0.4, 0.5) is 4.79 Å². The number of aryl methyl sites for hydroxylation is 1. The van der Waals surface area contributed by atoms with Crippen LogP contribution in [0.25, 0.3) is 5.69 Å². The van der Waals surface area contributed by atoms with Gasteiger partial charge in [0.1, 0.15) is 12.6 Å². The van der Waals surface area contributed by atoms with E-state index in [1.165, 1.54) is 6.33 Å². The number of hydrazone groups is 1. The molecule has 4 rings (SSSR count). The zero-order valence-corrected chi connectivity index (χ0v) is 21.2. The summed E-state index contributed by atoms with van der Waals surface area (Å²) in [4.78, 5) is 32.3. The zero-order valence-electron chi connectivity index (χ0n) is 20.4. The second kappa shape index (κ2) is 12.0. The van der Waals surface area contributed by atoms with Gasteiger partial charge in [0.05, 0.1) is 12.5 Å². The van der Waals surface area contributed by atoms with Crippen LogP contribution in [0, 0.1) is 13.8 Å². The van der Waals surface area contributed by atoms with Crippen LogP contribution in [0.3, 0.4) is 0 Å². The van der Waals surface area contributed by atoms with Crippen molar-refractivity contribution >= 4 is 29.8 Å². The highest BCUT2D eigenvalue weighted by Gasteiger charge is 2.22. The highest BCUT2D eigenvalue weighted by Crippen LogP contribution is 2.22. The fourth-order valence-corrected chi connectivity index (χ4v) is 4.09. The molecule has 0 aliphatic carbocycles. The van der Waals surface area contributed by atoms with Gasteiger partial charge in [0.15, 0.2) is 0 Å². The van der Waals surface area contributed by atoms with Crippen LogP contribution in [0.5, 0.6) is 0 Å². The fourth-order valence-electron chi connectivity index (χ4n) is 3.91. The Labute approximate surface area is 219 Å². The molecule has 0 radical (unpaired) electrons. The number of benzene rings is 2. The first-order valence-electron chi connectivity index (χ1n) is 11.6. The predicted octanol–water partition coefficient (Wildman–Crippen LogP) is 4.46. The van der Waals surface area contributed by atoms with E-state index < -0.39 is 18.0 Å². The summed E-state index contributed by atoms with van der Waals surface area (Å²) in [5, 5.41) is 7.40. The number of carbonyl (C=O) groups is 2. The molecule has 2 aromatic heterocycles. The minimum atomic E-state index is -0.931. The van der Waals surface area contributed by atoms with Crippen molar-refractivity contribution in [1.82, 2.24) is 25.3 Å². The molecule has 190 valence electrons. The molecule has 0 aliphatic heterocycles. The van der Waals surface area contributed by atoms with Gasteiger partial charge in [0.2, 0.25) is 0 Å². The molecule has 0 saturated carbocycles. The molecule has 4 aromatic rings. The van der Waals surface area contributed by atoms with Crippen LogP contribution in [0.2, 0.25) is 5.02 Å². The van der Waals surface area contributed by atoms with Gasteiger partial charge >= 0.3 is 6.09 Å². The number of hydrogen-bond acceptors (Lipinski definition) is 5. The van der Waals surface area contributed by atoms with E-state index in [1.807, 2.05) is 74.5 Å². The van der Waals surface area contributed by atoms with Crippen LogP contribution >= 0.6 is 11.6 Å². The summed E-state index contributed by atoms with van der Waals surface area (Å²) in [6, 6.07) is 17.9. The number of alkyl carbamates (subject to hydrolysis) is 1. The number of aromatic amines is 1. The average Bonchev–Trinajstić information content (AvgIpc) is 3.50. The van der Waals surface area contributed by atoms with Gasteiger partial charge in [-0.15, -0.1) is 0 Å². The lowest BCUT2D eigenvalue weighted by molar-refractivity contribution is -0.123. The number of imidazole rings is 1. The van der Waals surface area contributed by atoms with E-state index in [1.54, 1.807) is 12.4 Å². The van der Waals surface area contributed by atoms with E-state index in [0.717, 1.165) is 28.2 Å². The van der Waals surface area contributed by atoms with Crippen molar-refractivity contribution in [2.24, 2.45) is 5.10 Å². The summed E-state index contributed by atoms with van der Waals surface area (Å²) in [7, 11) is 0. The molecule has 0 aliphatic rings. The molecular formula is C27H27ClN6O3. The maximum absolute atomic E-state index is 12.9. The van der Waals surface area contributed by atoms with Crippen molar-refractivity contribution in [3.05, 3.63) is 106 Å². The number of carbonyl (C=O) groups excluding carboxylic acids is 2. The van der Waals surface area contributed by atoms with Gasteiger partial charge in [0.25, 0.3) is 5.91 Å². The van der Waals surface area contributed by atoms with Crippen LogP contribution in [-0.2, 0) is 22.6 Å². The summed E-state index contributed by atoms with van der Waals surface area (Å²) >= 11 is 6.16. The number of nitrogens with zero attached hydrogens (tertiary/aromatic N) is 3. The Morgan fingerprint density at radius 3 is 2.70 bits per heavy atom. The standard InChI is InChI=1S/C27H27ClN6O3/c1-18-11-21(19(2)34(18)24-10-6-9-22(28)12-24)14-31-33-26(35)25(13-23-15-29-17-30-23)32-27(36)37-16-20-7-4-3-5-8-20/h3-12,14-15,17,25H,13,16H2,1-2H3,(H,29,30)(H,32,36)(H,33,35)/b31-14-/t25-/m0/s1. The van der Waals surface area contributed by atoms with E-state index in [9.17, 15) is 9.59 Å². The summed E-state index contributed by atoms with van der Waals surface area (Å²) in [5.41, 5.74) is 7.74. The molecule has 2 heterocycles. The van der Waals surface area contributed by atoms with Gasteiger partial charge in [-0.25, -0.2) is 15.2 Å². The van der Waals surface area contributed by atoms with Crippen molar-refractivity contribution in [3.63, 3.8) is 0 Å². The Morgan fingerprint density at radius 2 is 1.97 bits per heavy atom. The average molecular weight is 519 g/mol. The summed E-state index contributed by atoms with van der Waals surface area (Å²) in [6.07, 6.45) is 4.14. The largest absolute Gasteiger partial charge is 0.445 e. The van der Waals surface area contributed by atoms with E-state index in [0.29, 0.717) is 10.7 Å². The predicted molar refractivity (Wildman–Crippen MR) is 142 cm³/mol. The Balaban J connectivity index is 1.42. The van der Waals surface area contributed by atoms with E-state index >= 15 is 0 Å². The van der Waals surface area contributed by atoms with Gasteiger partial charge in [-0.05, 0) is 43.7 Å². The van der Waals surface area contributed by atoms with Crippen LogP contribution in [-0.4, -0.2) is 38.8 Å². The van der Waals surface area contributed by atoms with Crippen molar-refractivity contribution in [1.29, 1.82) is 0 Å². The topological polar surface area (TPSA) is 113 Å². The lowest BCUT2D eigenvalue weighted by Gasteiger charge is -2.16. The van der Waals surface area contributed by atoms with Crippen molar-refractivity contribution < 1.29 is 14.3 Å². The third kappa shape index (κ3) is 6.86. The number of ether oxygens (including phenoxy) is 1. The van der Waals surface area contributed by atoms with Crippen LogP contribution in [0.1, 0.15) is 28.2 Å². The first kappa shape index (κ1) is 25.7. The summed E-state index contributed by atoms with van der Waals surface area (Å²) in [6.45, 7) is 4.03. The smallest absolute Gasteiger partial charge is 0.408 e. The van der Waals surface area contributed by atoms with Crippen molar-refractivity contribution in [3.8, 4) is 5.69 Å². The SMILES string of the molecule is Cc1cc(/C=N\NC(=O)[C@H](Cc2cnc[nH]2)NC(=O)OCc2ccccc2)c(C)n1-c1cccc(Cl)c1. The molecule has 3 N–H and O–H groups in total. The summed E-state index contributed by atoms with van der Waals surface area (Å²) in [5.74, 6) is -0.494. The normalized spacial score (nSPS) is 11.9. The molecule has 37 heavy (non-hydrogen) atoms. The molecule has 2 aromatic carbocycles. The monoisotopic (exact) mass is 518 g/mol. The van der Waals surface area contributed by atoms with Gasteiger partial charge < -0.3 is 19.6 Å². The second-order valence-electron chi connectivity index (χ2n) is 8.42. The number of hydrogen-bond donors (Lipinski definition) is 3. The molecular weight excluding hydrogens is 492 g/mol. The lowest BCUT2D eigenvalue weighted by Crippen LogP contribution is -2.47. The van der Waals surface area contributed by atoms with E-state index in [4.69, 9.17) is 16.3 Å². The molecule has 9 nitrogen and oxygen atoms in total. The maximum Gasteiger partial charge on any atom is 0.408 e. The quantitative estimate of drug-likeness (QED) is 0.224. The molecule has 0 bridgehead atoms. The lowest BCUT2D eigenvalue weighted by atomic mass is 10.1. The molecule has 0 unspecified atom stereocenters. The Morgan fingerprint density at radius 1 is 1.16 bits per heavy atom. The Kier molecular flexibility index (Phi) is 8.37. The third-order valence-electron chi connectivity index (χ3n) is 5.72. The number of halogens is 1. The Bertz CT molecular complexity index is 1380. The summed E-state index contributed by atoms with van der Waals surface area (Å²) < 4.78 is 7.33. The van der Waals surface area contributed by atoms with Crippen LogP contribution in [0.15, 0.2) is 78.3 Å². The van der Waals surface area contributed by atoms with Gasteiger partial charge in [-0.1, -0.05) is 48.0 Å². The number of aromatic nitrogens is 3. The molecule has 0 spiro atoms. The minimum absolute atomic E-state index is 0.0888. The highest BCUT2D eigenvalue weighted by atomic mass is 35.5. The van der Waals surface area contributed by atoms with E-state index in [-0.39, 0.29) is 13.0 Å². The molecule has 0 saturated heterocycles. The maximum atomic E-state index is 12.9. The minimum Gasteiger partial charge on any atom is -0.445 e. The third-order valence-corrected chi connectivity index (χ3v) is 5.95. The van der Waals surface area contributed by atoms with Crippen molar-refractivity contribution in [2.45, 2.75) is 32.9 Å². The van der Waals surface area contributed by atoms with Gasteiger partial charge in [-0.3, -0.25) is 4.79 Å². The zero-order chi connectivity index (χ0) is 26.2. The number of rotatable bonds is 9. The van der Waals surface area contributed by atoms with Gasteiger partial charge in [0, 0.05) is 46.0 Å². The molecule has 0 fully saturated rings. The van der Waals surface area contributed by atoms with Gasteiger partial charge in [-0.2, -0.15) is 5.10 Å². The molecule has 10 heteroatoms. The second-order valence-corrected chi connectivity index (χ2v) is 8.85. The number of H-pyrrole nitrogens is 1. The van der Waals surface area contributed by atoms with Crippen LogP contribution < -0.4 is 10.7 Å². The Hall–Kier alpha value is -4.37. The molecule has 1 atom stereocenters. The fraction of sp³-hybridized carbons (Fsp3) is 0.185. The van der Waals surface area contributed by atoms with Crippen molar-refractivity contribution in [2.75, 3.05) is 0 Å². The highest BCUT2D eigenvalue weighted by molar-refractivity contribution is 6.30.